The van der Waals surface area contributed by atoms with Gasteiger partial charge in [0, 0.05) is 0 Å². The first kappa shape index (κ1) is 18.5. The lowest BCUT2D eigenvalue weighted by Gasteiger charge is -2.13. The van der Waals surface area contributed by atoms with Crippen LogP contribution in [0.4, 0.5) is 5.69 Å². The van der Waals surface area contributed by atoms with Gasteiger partial charge in [-0.15, -0.1) is 0 Å². The molecule has 0 saturated carbocycles. The van der Waals surface area contributed by atoms with E-state index >= 15 is 0 Å². The van der Waals surface area contributed by atoms with Crippen LogP contribution in [0, 0.1) is 6.92 Å². The molecular formula is C24H20N2O3. The molecule has 29 heavy (non-hydrogen) atoms. The normalized spacial score (nSPS) is 14.9. The summed E-state index contributed by atoms with van der Waals surface area (Å²) in [4.78, 5) is 25.0. The average molecular weight is 384 g/mol. The SMILES string of the molecule is Cc1ccccc1COc1cccc(/C=C2\C(=O)NN(c3ccccc3)C2=O)c1. The van der Waals surface area contributed by atoms with Crippen LogP contribution in [0.25, 0.3) is 6.08 Å². The van der Waals surface area contributed by atoms with Crippen molar-refractivity contribution in [2.45, 2.75) is 13.5 Å². The molecule has 1 aliphatic heterocycles. The highest BCUT2D eigenvalue weighted by Gasteiger charge is 2.34. The zero-order valence-electron chi connectivity index (χ0n) is 16.0. The molecule has 0 radical (unpaired) electrons. The second-order valence-electron chi connectivity index (χ2n) is 6.76. The van der Waals surface area contributed by atoms with Crippen LogP contribution in [-0.4, -0.2) is 11.8 Å². The third-order valence-corrected chi connectivity index (χ3v) is 4.73. The van der Waals surface area contributed by atoms with E-state index in [1.165, 1.54) is 10.6 Å². The van der Waals surface area contributed by atoms with Crippen LogP contribution in [0.2, 0.25) is 0 Å². The molecule has 4 rings (SSSR count). The number of hydrogen-bond acceptors (Lipinski definition) is 3. The largest absolute Gasteiger partial charge is 0.489 e. The second kappa shape index (κ2) is 8.02. The fourth-order valence-corrected chi connectivity index (χ4v) is 3.11. The number of rotatable bonds is 5. The summed E-state index contributed by atoms with van der Waals surface area (Å²) in [5.41, 5.74) is 6.31. The van der Waals surface area contributed by atoms with Gasteiger partial charge in [-0.1, -0.05) is 54.6 Å². The van der Waals surface area contributed by atoms with Crippen molar-refractivity contribution in [2.75, 3.05) is 5.01 Å². The highest BCUT2D eigenvalue weighted by atomic mass is 16.5. The zero-order chi connectivity index (χ0) is 20.2. The van der Waals surface area contributed by atoms with E-state index in [1.807, 2.05) is 73.7 Å². The molecule has 5 heteroatoms. The first-order valence-electron chi connectivity index (χ1n) is 9.31. The second-order valence-corrected chi connectivity index (χ2v) is 6.76. The minimum absolute atomic E-state index is 0.0879. The standard InChI is InChI=1S/C24H20N2O3/c1-17-8-5-6-10-19(17)16-29-21-13-7-9-18(14-21)15-22-23(27)25-26(24(22)28)20-11-3-2-4-12-20/h2-15H,16H2,1H3,(H,25,27)/b22-15+. The van der Waals surface area contributed by atoms with Crippen molar-refractivity contribution in [3.63, 3.8) is 0 Å². The molecule has 0 spiro atoms. The molecule has 2 amide bonds. The van der Waals surface area contributed by atoms with Gasteiger partial charge in [-0.05, 0) is 54.0 Å². The molecule has 1 N–H and O–H groups in total. The zero-order valence-corrected chi connectivity index (χ0v) is 16.0. The van der Waals surface area contributed by atoms with Crippen molar-refractivity contribution in [1.82, 2.24) is 5.43 Å². The van der Waals surface area contributed by atoms with Crippen LogP contribution in [0.5, 0.6) is 5.75 Å². The minimum Gasteiger partial charge on any atom is -0.489 e. The molecule has 0 unspecified atom stereocenters. The molecule has 0 aromatic heterocycles. The van der Waals surface area contributed by atoms with Gasteiger partial charge in [0.05, 0.1) is 5.69 Å². The molecule has 3 aromatic rings. The smallest absolute Gasteiger partial charge is 0.282 e. The summed E-state index contributed by atoms with van der Waals surface area (Å²) in [7, 11) is 0. The lowest BCUT2D eigenvalue weighted by Crippen LogP contribution is -2.35. The summed E-state index contributed by atoms with van der Waals surface area (Å²) in [5, 5.41) is 1.26. The van der Waals surface area contributed by atoms with E-state index in [9.17, 15) is 9.59 Å². The molecule has 1 saturated heterocycles. The number of aryl methyl sites for hydroxylation is 1. The predicted molar refractivity (Wildman–Crippen MR) is 112 cm³/mol. The number of nitrogens with one attached hydrogen (secondary N) is 1. The van der Waals surface area contributed by atoms with Gasteiger partial charge >= 0.3 is 0 Å². The third-order valence-electron chi connectivity index (χ3n) is 4.73. The van der Waals surface area contributed by atoms with E-state index in [4.69, 9.17) is 4.74 Å². The summed E-state index contributed by atoms with van der Waals surface area (Å²) in [6.07, 6.45) is 1.58. The average Bonchev–Trinajstić information content (AvgIpc) is 3.02. The van der Waals surface area contributed by atoms with Crippen molar-refractivity contribution in [3.8, 4) is 5.75 Å². The molecule has 5 nitrogen and oxygen atoms in total. The topological polar surface area (TPSA) is 58.6 Å². The number of para-hydroxylation sites is 1. The Morgan fingerprint density at radius 2 is 1.69 bits per heavy atom. The third kappa shape index (κ3) is 4.04. The van der Waals surface area contributed by atoms with E-state index in [0.29, 0.717) is 18.0 Å². The Morgan fingerprint density at radius 1 is 0.931 bits per heavy atom. The predicted octanol–water partition coefficient (Wildman–Crippen LogP) is 4.04. The number of hydrazine groups is 1. The van der Waals surface area contributed by atoms with Gasteiger partial charge in [-0.3, -0.25) is 15.0 Å². The maximum absolute atomic E-state index is 12.7. The Hall–Kier alpha value is -3.86. The molecular weight excluding hydrogens is 364 g/mol. The Balaban J connectivity index is 1.52. The molecule has 0 aliphatic carbocycles. The number of nitrogens with zero attached hydrogens (tertiary/aromatic N) is 1. The van der Waals surface area contributed by atoms with Gasteiger partial charge in [-0.2, -0.15) is 0 Å². The van der Waals surface area contributed by atoms with E-state index in [-0.39, 0.29) is 11.5 Å². The lowest BCUT2D eigenvalue weighted by molar-refractivity contribution is -0.117. The van der Waals surface area contributed by atoms with Crippen LogP contribution < -0.4 is 15.2 Å². The highest BCUT2D eigenvalue weighted by molar-refractivity contribution is 6.31. The molecule has 144 valence electrons. The number of anilines is 1. The minimum atomic E-state index is -0.426. The van der Waals surface area contributed by atoms with Crippen molar-refractivity contribution in [2.24, 2.45) is 0 Å². The summed E-state index contributed by atoms with van der Waals surface area (Å²) >= 11 is 0. The fraction of sp³-hybridized carbons (Fsp3) is 0.0833. The summed E-state index contributed by atoms with van der Waals surface area (Å²) < 4.78 is 5.90. The van der Waals surface area contributed by atoms with Crippen molar-refractivity contribution in [3.05, 3.63) is 101 Å². The fourth-order valence-electron chi connectivity index (χ4n) is 3.11. The first-order chi connectivity index (χ1) is 14.1. The van der Waals surface area contributed by atoms with Crippen LogP contribution in [0.3, 0.4) is 0 Å². The number of ether oxygens (including phenoxy) is 1. The van der Waals surface area contributed by atoms with Crippen molar-refractivity contribution >= 4 is 23.6 Å². The summed E-state index contributed by atoms with van der Waals surface area (Å²) in [5.74, 6) is -0.133. The molecule has 1 heterocycles. The van der Waals surface area contributed by atoms with Gasteiger partial charge in [-0.25, -0.2) is 5.01 Å². The molecule has 3 aromatic carbocycles. The summed E-state index contributed by atoms with van der Waals surface area (Å²) in [6.45, 7) is 2.50. The molecule has 0 bridgehead atoms. The van der Waals surface area contributed by atoms with Crippen LogP contribution in [0.1, 0.15) is 16.7 Å². The number of carbonyl (C=O) groups is 2. The van der Waals surface area contributed by atoms with Gasteiger partial charge in [0.2, 0.25) is 0 Å². The Morgan fingerprint density at radius 3 is 2.48 bits per heavy atom. The first-order valence-corrected chi connectivity index (χ1v) is 9.31. The van der Waals surface area contributed by atoms with Crippen LogP contribution in [-0.2, 0) is 16.2 Å². The van der Waals surface area contributed by atoms with Crippen LogP contribution in [0.15, 0.2) is 84.4 Å². The van der Waals surface area contributed by atoms with Gasteiger partial charge in [0.25, 0.3) is 11.8 Å². The van der Waals surface area contributed by atoms with Gasteiger partial charge < -0.3 is 4.74 Å². The number of amides is 2. The van der Waals surface area contributed by atoms with Crippen molar-refractivity contribution < 1.29 is 14.3 Å². The monoisotopic (exact) mass is 384 g/mol. The van der Waals surface area contributed by atoms with E-state index in [1.54, 1.807) is 18.2 Å². The Bertz CT molecular complexity index is 1090. The lowest BCUT2D eigenvalue weighted by atomic mass is 10.1. The number of hydrogen-bond donors (Lipinski definition) is 1. The van der Waals surface area contributed by atoms with E-state index in [0.717, 1.165) is 11.1 Å². The summed E-state index contributed by atoms with van der Waals surface area (Å²) in [6, 6.07) is 24.4. The van der Waals surface area contributed by atoms with Crippen LogP contribution >= 0.6 is 0 Å². The quantitative estimate of drug-likeness (QED) is 0.534. The van der Waals surface area contributed by atoms with E-state index in [2.05, 4.69) is 5.43 Å². The molecule has 0 atom stereocenters. The number of benzene rings is 3. The van der Waals surface area contributed by atoms with Crippen molar-refractivity contribution in [1.29, 1.82) is 0 Å². The Kier molecular flexibility index (Phi) is 5.12. The maximum atomic E-state index is 12.7. The van der Waals surface area contributed by atoms with Gasteiger partial charge in [0.1, 0.15) is 17.9 Å². The molecule has 1 fully saturated rings. The van der Waals surface area contributed by atoms with Gasteiger partial charge in [0.15, 0.2) is 0 Å². The van der Waals surface area contributed by atoms with E-state index < -0.39 is 5.91 Å². The molecule has 1 aliphatic rings. The maximum Gasteiger partial charge on any atom is 0.282 e. The number of carbonyl (C=O) groups excluding carboxylic acids is 2. The Labute approximate surface area is 169 Å². The highest BCUT2D eigenvalue weighted by Crippen LogP contribution is 2.23.